The van der Waals surface area contributed by atoms with E-state index < -0.39 is 6.04 Å². The Hall–Kier alpha value is -1.10. The number of fused-ring (bicyclic) bond motifs is 1. The molecule has 3 N–H and O–H groups in total. The second kappa shape index (κ2) is 5.26. The molecule has 18 heavy (non-hydrogen) atoms. The van der Waals surface area contributed by atoms with E-state index in [1.54, 1.807) is 0 Å². The number of carbonyl (C=O) groups is 2. The molecule has 0 bridgehead atoms. The van der Waals surface area contributed by atoms with E-state index in [1.807, 2.05) is 4.90 Å². The highest BCUT2D eigenvalue weighted by Crippen LogP contribution is 2.28. The van der Waals surface area contributed by atoms with Crippen molar-refractivity contribution in [3.63, 3.8) is 0 Å². The first-order valence-corrected chi connectivity index (χ1v) is 6.84. The molecular formula is C13H23N3O2. The monoisotopic (exact) mass is 253 g/mol. The molecule has 3 atom stereocenters. The molecule has 2 fully saturated rings. The van der Waals surface area contributed by atoms with Crippen LogP contribution in [0.25, 0.3) is 0 Å². The van der Waals surface area contributed by atoms with Gasteiger partial charge in [-0.25, -0.2) is 0 Å². The summed E-state index contributed by atoms with van der Waals surface area (Å²) in [6.07, 6.45) is 2.49. The molecule has 5 nitrogen and oxygen atoms in total. The van der Waals surface area contributed by atoms with Crippen LogP contribution in [0.2, 0.25) is 0 Å². The van der Waals surface area contributed by atoms with Crippen LogP contribution in [0.3, 0.4) is 0 Å². The zero-order chi connectivity index (χ0) is 13.3. The third kappa shape index (κ3) is 2.51. The normalized spacial score (nSPS) is 29.1. The number of carbonyl (C=O) groups excluding carboxylic acids is 2. The summed E-state index contributed by atoms with van der Waals surface area (Å²) in [5.41, 5.74) is 5.97. The Morgan fingerprint density at radius 2 is 2.28 bits per heavy atom. The second-order valence-electron chi connectivity index (χ2n) is 5.83. The van der Waals surface area contributed by atoms with Gasteiger partial charge in [0.2, 0.25) is 11.8 Å². The fourth-order valence-electron chi connectivity index (χ4n) is 3.05. The lowest BCUT2D eigenvalue weighted by atomic mass is 9.90. The Labute approximate surface area is 108 Å². The highest BCUT2D eigenvalue weighted by atomic mass is 16.2. The SMILES string of the molecule is CC(C)C[C@H](N)C(=O)N1CCCC2C(=O)NCC21. The van der Waals surface area contributed by atoms with Gasteiger partial charge in [0.25, 0.3) is 0 Å². The van der Waals surface area contributed by atoms with E-state index in [9.17, 15) is 9.59 Å². The molecule has 2 amide bonds. The summed E-state index contributed by atoms with van der Waals surface area (Å²) in [5.74, 6) is 0.492. The van der Waals surface area contributed by atoms with Crippen molar-refractivity contribution in [1.82, 2.24) is 10.2 Å². The third-order valence-electron chi connectivity index (χ3n) is 3.93. The van der Waals surface area contributed by atoms with Crippen molar-refractivity contribution in [1.29, 1.82) is 0 Å². The van der Waals surface area contributed by atoms with E-state index in [0.717, 1.165) is 19.4 Å². The summed E-state index contributed by atoms with van der Waals surface area (Å²) in [6, 6.07) is -0.406. The standard InChI is InChI=1S/C13H23N3O2/c1-8(2)6-10(14)13(18)16-5-3-4-9-11(16)7-15-12(9)17/h8-11H,3-7,14H2,1-2H3,(H,15,17)/t9?,10-,11?/m0/s1. The first-order valence-electron chi connectivity index (χ1n) is 6.84. The molecule has 0 radical (unpaired) electrons. The molecule has 2 heterocycles. The molecule has 2 saturated heterocycles. The van der Waals surface area contributed by atoms with Crippen LogP contribution in [-0.2, 0) is 9.59 Å². The summed E-state index contributed by atoms with van der Waals surface area (Å²) in [6.45, 7) is 5.45. The number of piperidine rings is 1. The first kappa shape index (κ1) is 13.3. The van der Waals surface area contributed by atoms with Gasteiger partial charge in [0.1, 0.15) is 0 Å². The molecule has 0 spiro atoms. The predicted molar refractivity (Wildman–Crippen MR) is 68.7 cm³/mol. The lowest BCUT2D eigenvalue weighted by molar-refractivity contribution is -0.138. The average Bonchev–Trinajstić information content (AvgIpc) is 2.69. The Morgan fingerprint density at radius 1 is 1.56 bits per heavy atom. The topological polar surface area (TPSA) is 75.4 Å². The number of rotatable bonds is 3. The van der Waals surface area contributed by atoms with Crippen molar-refractivity contribution in [2.75, 3.05) is 13.1 Å². The zero-order valence-electron chi connectivity index (χ0n) is 11.2. The number of hydrogen-bond donors (Lipinski definition) is 2. The Kier molecular flexibility index (Phi) is 3.90. The molecule has 2 unspecified atom stereocenters. The van der Waals surface area contributed by atoms with E-state index in [-0.39, 0.29) is 23.8 Å². The maximum absolute atomic E-state index is 12.3. The van der Waals surface area contributed by atoms with Gasteiger partial charge in [0.05, 0.1) is 18.0 Å². The number of amides is 2. The lowest BCUT2D eigenvalue weighted by Crippen LogP contribution is -2.54. The quantitative estimate of drug-likeness (QED) is 0.749. The summed E-state index contributed by atoms with van der Waals surface area (Å²) >= 11 is 0. The molecule has 102 valence electrons. The molecule has 0 aromatic carbocycles. The van der Waals surface area contributed by atoms with Gasteiger partial charge in [0, 0.05) is 13.1 Å². The van der Waals surface area contributed by atoms with Crippen LogP contribution in [0.1, 0.15) is 33.1 Å². The smallest absolute Gasteiger partial charge is 0.239 e. The maximum Gasteiger partial charge on any atom is 0.239 e. The lowest BCUT2D eigenvalue weighted by Gasteiger charge is -2.37. The Balaban J connectivity index is 2.03. The van der Waals surface area contributed by atoms with Gasteiger partial charge < -0.3 is 16.0 Å². The number of nitrogens with two attached hydrogens (primary N) is 1. The van der Waals surface area contributed by atoms with Crippen LogP contribution in [0, 0.1) is 11.8 Å². The molecule has 0 saturated carbocycles. The van der Waals surface area contributed by atoms with Gasteiger partial charge in [-0.05, 0) is 25.2 Å². The first-order chi connectivity index (χ1) is 8.50. The van der Waals surface area contributed by atoms with Crippen LogP contribution >= 0.6 is 0 Å². The molecule has 0 aromatic rings. The Morgan fingerprint density at radius 3 is 2.94 bits per heavy atom. The molecule has 5 heteroatoms. The fourth-order valence-corrected chi connectivity index (χ4v) is 3.05. The molecular weight excluding hydrogens is 230 g/mol. The number of hydrogen-bond acceptors (Lipinski definition) is 3. The van der Waals surface area contributed by atoms with Crippen molar-refractivity contribution < 1.29 is 9.59 Å². The summed E-state index contributed by atoms with van der Waals surface area (Å²) in [5, 5.41) is 2.85. The zero-order valence-corrected chi connectivity index (χ0v) is 11.2. The van der Waals surface area contributed by atoms with E-state index in [0.29, 0.717) is 18.9 Å². The number of nitrogens with zero attached hydrogens (tertiary/aromatic N) is 1. The van der Waals surface area contributed by atoms with Crippen LogP contribution in [0.4, 0.5) is 0 Å². The largest absolute Gasteiger partial charge is 0.354 e. The van der Waals surface area contributed by atoms with Crippen molar-refractivity contribution in [2.24, 2.45) is 17.6 Å². The minimum absolute atomic E-state index is 0.00917. The van der Waals surface area contributed by atoms with Gasteiger partial charge in [-0.15, -0.1) is 0 Å². The van der Waals surface area contributed by atoms with Crippen LogP contribution in [0.5, 0.6) is 0 Å². The minimum Gasteiger partial charge on any atom is -0.354 e. The molecule has 2 aliphatic rings. The molecule has 2 aliphatic heterocycles. The Bertz CT molecular complexity index is 343. The van der Waals surface area contributed by atoms with Crippen molar-refractivity contribution >= 4 is 11.8 Å². The molecule has 0 aromatic heterocycles. The average molecular weight is 253 g/mol. The second-order valence-corrected chi connectivity index (χ2v) is 5.83. The van der Waals surface area contributed by atoms with Gasteiger partial charge in [-0.2, -0.15) is 0 Å². The summed E-state index contributed by atoms with van der Waals surface area (Å²) in [7, 11) is 0. The van der Waals surface area contributed by atoms with Crippen LogP contribution in [0.15, 0.2) is 0 Å². The van der Waals surface area contributed by atoms with Crippen LogP contribution in [-0.4, -0.2) is 41.9 Å². The highest BCUT2D eigenvalue weighted by molar-refractivity contribution is 5.86. The van der Waals surface area contributed by atoms with Gasteiger partial charge in [0.15, 0.2) is 0 Å². The van der Waals surface area contributed by atoms with Gasteiger partial charge >= 0.3 is 0 Å². The molecule has 2 rings (SSSR count). The van der Waals surface area contributed by atoms with Gasteiger partial charge in [-0.1, -0.05) is 13.8 Å². The van der Waals surface area contributed by atoms with E-state index in [2.05, 4.69) is 19.2 Å². The van der Waals surface area contributed by atoms with E-state index in [1.165, 1.54) is 0 Å². The predicted octanol–water partition coefficient (Wildman–Crippen LogP) is 0.0968. The maximum atomic E-state index is 12.3. The van der Waals surface area contributed by atoms with Crippen molar-refractivity contribution in [3.05, 3.63) is 0 Å². The summed E-state index contributed by atoms with van der Waals surface area (Å²) in [4.78, 5) is 25.8. The number of nitrogens with one attached hydrogen (secondary N) is 1. The van der Waals surface area contributed by atoms with E-state index >= 15 is 0 Å². The highest BCUT2D eigenvalue weighted by Gasteiger charge is 2.43. The number of likely N-dealkylation sites (tertiary alicyclic amines) is 1. The van der Waals surface area contributed by atoms with Crippen LogP contribution < -0.4 is 11.1 Å². The van der Waals surface area contributed by atoms with Crippen molar-refractivity contribution in [2.45, 2.75) is 45.2 Å². The fraction of sp³-hybridized carbons (Fsp3) is 0.846. The minimum atomic E-state index is -0.431. The van der Waals surface area contributed by atoms with E-state index in [4.69, 9.17) is 5.73 Å². The third-order valence-corrected chi connectivity index (χ3v) is 3.93. The summed E-state index contributed by atoms with van der Waals surface area (Å²) < 4.78 is 0. The van der Waals surface area contributed by atoms with Gasteiger partial charge in [-0.3, -0.25) is 9.59 Å². The molecule has 0 aliphatic carbocycles. The van der Waals surface area contributed by atoms with Crippen molar-refractivity contribution in [3.8, 4) is 0 Å².